The van der Waals surface area contributed by atoms with Crippen LogP contribution >= 0.6 is 15.9 Å². The minimum Gasteiger partial charge on any atom is -0.324 e. The van der Waals surface area contributed by atoms with Gasteiger partial charge >= 0.3 is 0 Å². The van der Waals surface area contributed by atoms with Crippen LogP contribution in [0.5, 0.6) is 0 Å². The SMILES string of the molecule is N[C@H](CC1CC1)c1c(F)cc(Br)cc1F. The summed E-state index contributed by atoms with van der Waals surface area (Å²) in [7, 11) is 0. The van der Waals surface area contributed by atoms with E-state index in [4.69, 9.17) is 5.73 Å². The zero-order valence-electron chi connectivity index (χ0n) is 8.14. The summed E-state index contributed by atoms with van der Waals surface area (Å²) in [6.07, 6.45) is 2.94. The lowest BCUT2D eigenvalue weighted by Crippen LogP contribution is -2.15. The average Bonchev–Trinajstić information content (AvgIpc) is 2.85. The van der Waals surface area contributed by atoms with E-state index in [1.807, 2.05) is 0 Å². The number of rotatable bonds is 3. The molecule has 1 fully saturated rings. The Hall–Kier alpha value is -0.480. The second-order valence-electron chi connectivity index (χ2n) is 4.07. The van der Waals surface area contributed by atoms with Gasteiger partial charge in [0.2, 0.25) is 0 Å². The molecule has 82 valence electrons. The minimum atomic E-state index is -0.560. The van der Waals surface area contributed by atoms with Crippen molar-refractivity contribution in [1.29, 1.82) is 0 Å². The van der Waals surface area contributed by atoms with Crippen LogP contribution in [0.25, 0.3) is 0 Å². The maximum Gasteiger partial charge on any atom is 0.132 e. The van der Waals surface area contributed by atoms with E-state index in [0.29, 0.717) is 16.8 Å². The van der Waals surface area contributed by atoms with Crippen molar-refractivity contribution in [2.24, 2.45) is 11.7 Å². The van der Waals surface area contributed by atoms with Crippen molar-refractivity contribution in [3.05, 3.63) is 33.8 Å². The third kappa shape index (κ3) is 2.55. The summed E-state index contributed by atoms with van der Waals surface area (Å²) in [5.74, 6) is -0.563. The van der Waals surface area contributed by atoms with Crippen LogP contribution in [0.2, 0.25) is 0 Å². The Labute approximate surface area is 95.8 Å². The fourth-order valence-electron chi connectivity index (χ4n) is 1.74. The van der Waals surface area contributed by atoms with Gasteiger partial charge in [-0.25, -0.2) is 8.78 Å². The monoisotopic (exact) mass is 275 g/mol. The molecule has 1 aliphatic carbocycles. The lowest BCUT2D eigenvalue weighted by atomic mass is 10.0. The average molecular weight is 276 g/mol. The normalized spacial score (nSPS) is 17.9. The molecular formula is C11H12BrF2N. The Morgan fingerprint density at radius 1 is 1.33 bits per heavy atom. The van der Waals surface area contributed by atoms with Gasteiger partial charge in [-0.3, -0.25) is 0 Å². The van der Waals surface area contributed by atoms with Gasteiger partial charge in [0.25, 0.3) is 0 Å². The highest BCUT2D eigenvalue weighted by atomic mass is 79.9. The molecule has 2 N–H and O–H groups in total. The molecule has 0 aliphatic heterocycles. The molecule has 1 aliphatic rings. The van der Waals surface area contributed by atoms with Gasteiger partial charge in [0, 0.05) is 16.1 Å². The molecule has 1 saturated carbocycles. The van der Waals surface area contributed by atoms with Gasteiger partial charge in [0.1, 0.15) is 11.6 Å². The zero-order chi connectivity index (χ0) is 11.0. The van der Waals surface area contributed by atoms with Crippen LogP contribution in [-0.2, 0) is 0 Å². The number of halogens is 3. The van der Waals surface area contributed by atoms with Crippen molar-refractivity contribution >= 4 is 15.9 Å². The van der Waals surface area contributed by atoms with Gasteiger partial charge in [0.15, 0.2) is 0 Å². The lowest BCUT2D eigenvalue weighted by Gasteiger charge is -2.13. The second kappa shape index (κ2) is 4.18. The lowest BCUT2D eigenvalue weighted by molar-refractivity contribution is 0.497. The van der Waals surface area contributed by atoms with E-state index in [-0.39, 0.29) is 5.56 Å². The Balaban J connectivity index is 2.24. The molecule has 1 atom stereocenters. The number of hydrogen-bond acceptors (Lipinski definition) is 1. The quantitative estimate of drug-likeness (QED) is 0.898. The van der Waals surface area contributed by atoms with Crippen LogP contribution in [0.1, 0.15) is 30.9 Å². The van der Waals surface area contributed by atoms with Gasteiger partial charge in [-0.1, -0.05) is 28.8 Å². The summed E-state index contributed by atoms with van der Waals surface area (Å²) >= 11 is 3.04. The molecule has 0 saturated heterocycles. The predicted octanol–water partition coefficient (Wildman–Crippen LogP) is 3.53. The Morgan fingerprint density at radius 2 is 1.87 bits per heavy atom. The van der Waals surface area contributed by atoms with Crippen LogP contribution in [0, 0.1) is 17.6 Å². The largest absolute Gasteiger partial charge is 0.324 e. The smallest absolute Gasteiger partial charge is 0.132 e. The van der Waals surface area contributed by atoms with Crippen LogP contribution in [0.4, 0.5) is 8.78 Å². The first-order valence-electron chi connectivity index (χ1n) is 4.98. The van der Waals surface area contributed by atoms with Crippen molar-refractivity contribution in [3.63, 3.8) is 0 Å². The van der Waals surface area contributed by atoms with Crippen LogP contribution < -0.4 is 5.73 Å². The fraction of sp³-hybridized carbons (Fsp3) is 0.455. The first-order valence-corrected chi connectivity index (χ1v) is 5.77. The first-order chi connectivity index (χ1) is 7.08. The molecule has 1 aromatic rings. The Bertz CT molecular complexity index is 354. The van der Waals surface area contributed by atoms with E-state index in [1.54, 1.807) is 0 Å². The third-order valence-electron chi connectivity index (χ3n) is 2.70. The predicted molar refractivity (Wildman–Crippen MR) is 58.3 cm³/mol. The maximum absolute atomic E-state index is 13.5. The van der Waals surface area contributed by atoms with Crippen molar-refractivity contribution in [2.75, 3.05) is 0 Å². The van der Waals surface area contributed by atoms with Crippen molar-refractivity contribution in [2.45, 2.75) is 25.3 Å². The molecule has 15 heavy (non-hydrogen) atoms. The molecule has 0 bridgehead atoms. The highest BCUT2D eigenvalue weighted by Gasteiger charge is 2.27. The van der Waals surface area contributed by atoms with E-state index in [2.05, 4.69) is 15.9 Å². The number of benzene rings is 1. The molecular weight excluding hydrogens is 264 g/mol. The molecule has 0 amide bonds. The molecule has 0 heterocycles. The summed E-state index contributed by atoms with van der Waals surface area (Å²) in [6, 6.07) is 1.99. The summed E-state index contributed by atoms with van der Waals surface area (Å²) in [5.41, 5.74) is 5.81. The standard InChI is InChI=1S/C11H12BrF2N/c12-7-4-8(13)11(9(14)5-7)10(15)3-6-1-2-6/h4-6,10H,1-3,15H2/t10-/m1/s1. The van der Waals surface area contributed by atoms with Crippen LogP contribution in [0.15, 0.2) is 16.6 Å². The van der Waals surface area contributed by atoms with Crippen molar-refractivity contribution in [3.8, 4) is 0 Å². The number of hydrogen-bond donors (Lipinski definition) is 1. The van der Waals surface area contributed by atoms with Gasteiger partial charge in [-0.15, -0.1) is 0 Å². The summed E-state index contributed by atoms with van der Waals surface area (Å²) in [6.45, 7) is 0. The van der Waals surface area contributed by atoms with Gasteiger partial charge in [-0.2, -0.15) is 0 Å². The van der Waals surface area contributed by atoms with Crippen LogP contribution in [0.3, 0.4) is 0 Å². The Kier molecular flexibility index (Phi) is 3.07. The molecule has 2 rings (SSSR count). The molecule has 0 radical (unpaired) electrons. The van der Waals surface area contributed by atoms with Gasteiger partial charge < -0.3 is 5.73 Å². The van der Waals surface area contributed by atoms with Crippen LogP contribution in [-0.4, -0.2) is 0 Å². The third-order valence-corrected chi connectivity index (χ3v) is 3.16. The van der Waals surface area contributed by atoms with E-state index in [0.717, 1.165) is 12.8 Å². The zero-order valence-corrected chi connectivity index (χ0v) is 9.73. The van der Waals surface area contributed by atoms with E-state index < -0.39 is 17.7 Å². The fourth-order valence-corrected chi connectivity index (χ4v) is 2.14. The second-order valence-corrected chi connectivity index (χ2v) is 4.98. The topological polar surface area (TPSA) is 26.0 Å². The molecule has 1 aromatic carbocycles. The highest BCUT2D eigenvalue weighted by Crippen LogP contribution is 2.38. The first kappa shape index (κ1) is 11.0. The van der Waals surface area contributed by atoms with Gasteiger partial charge in [-0.05, 0) is 24.5 Å². The van der Waals surface area contributed by atoms with E-state index >= 15 is 0 Å². The van der Waals surface area contributed by atoms with E-state index in [1.165, 1.54) is 12.1 Å². The molecule has 0 unspecified atom stereocenters. The van der Waals surface area contributed by atoms with E-state index in [9.17, 15) is 8.78 Å². The minimum absolute atomic E-state index is 0.0186. The molecule has 0 spiro atoms. The summed E-state index contributed by atoms with van der Waals surface area (Å²) in [5, 5.41) is 0. The maximum atomic E-state index is 13.5. The van der Waals surface area contributed by atoms with Crippen molar-refractivity contribution in [1.82, 2.24) is 0 Å². The molecule has 1 nitrogen and oxygen atoms in total. The van der Waals surface area contributed by atoms with Gasteiger partial charge in [0.05, 0.1) is 0 Å². The molecule has 4 heteroatoms. The number of nitrogens with two attached hydrogens (primary N) is 1. The van der Waals surface area contributed by atoms with Crippen molar-refractivity contribution < 1.29 is 8.78 Å². The highest BCUT2D eigenvalue weighted by molar-refractivity contribution is 9.10. The molecule has 0 aromatic heterocycles. The Morgan fingerprint density at radius 3 is 2.33 bits per heavy atom. The summed E-state index contributed by atoms with van der Waals surface area (Å²) < 4.78 is 27.4. The summed E-state index contributed by atoms with van der Waals surface area (Å²) in [4.78, 5) is 0.